The van der Waals surface area contributed by atoms with Gasteiger partial charge in [-0.3, -0.25) is 0 Å². The van der Waals surface area contributed by atoms with Crippen LogP contribution in [-0.4, -0.2) is 37.0 Å². The Morgan fingerprint density at radius 1 is 1.32 bits per heavy atom. The molecule has 0 bridgehead atoms. The number of aryl methyl sites for hydroxylation is 2. The average molecular weight is 284 g/mol. The van der Waals surface area contributed by atoms with Crippen molar-refractivity contribution in [3.05, 3.63) is 23.3 Å². The van der Waals surface area contributed by atoms with Crippen molar-refractivity contribution >= 4 is 15.7 Å². The van der Waals surface area contributed by atoms with E-state index < -0.39 is 10.0 Å². The molecule has 6 heteroatoms. The van der Waals surface area contributed by atoms with Crippen molar-refractivity contribution in [1.29, 1.82) is 0 Å². The van der Waals surface area contributed by atoms with Crippen LogP contribution >= 0.6 is 0 Å². The normalized spacial score (nSPS) is 16.0. The molecule has 5 nitrogen and oxygen atoms in total. The molecule has 0 atom stereocenters. The number of aliphatic hydroxyl groups excluding tert-OH is 1. The van der Waals surface area contributed by atoms with Crippen molar-refractivity contribution in [1.82, 2.24) is 4.31 Å². The first-order valence-corrected chi connectivity index (χ1v) is 7.81. The number of rotatable bonds is 5. The number of hydrogen-bond donors (Lipinski definition) is 2. The fourth-order valence-corrected chi connectivity index (χ4v) is 3.98. The first-order chi connectivity index (χ1) is 8.87. The number of nitrogen functional groups attached to an aromatic ring is 1. The van der Waals surface area contributed by atoms with E-state index in [9.17, 15) is 8.42 Å². The Bertz CT molecular complexity index is 580. The molecule has 0 aromatic heterocycles. The zero-order valence-corrected chi connectivity index (χ0v) is 12.1. The van der Waals surface area contributed by atoms with Crippen LogP contribution in [0.4, 0.5) is 5.69 Å². The second kappa shape index (κ2) is 5.11. The first kappa shape index (κ1) is 14.3. The van der Waals surface area contributed by atoms with Crippen molar-refractivity contribution in [2.24, 2.45) is 0 Å². The molecule has 0 radical (unpaired) electrons. The van der Waals surface area contributed by atoms with Gasteiger partial charge in [-0.15, -0.1) is 0 Å². The maximum atomic E-state index is 12.6. The lowest BCUT2D eigenvalue weighted by Crippen LogP contribution is -2.36. The Morgan fingerprint density at radius 2 is 1.89 bits per heavy atom. The van der Waals surface area contributed by atoms with E-state index in [4.69, 9.17) is 10.8 Å². The van der Waals surface area contributed by atoms with Crippen LogP contribution in [0.3, 0.4) is 0 Å². The van der Waals surface area contributed by atoms with Crippen molar-refractivity contribution in [2.45, 2.75) is 37.6 Å². The van der Waals surface area contributed by atoms with Gasteiger partial charge in [0.05, 0.1) is 12.3 Å². The minimum absolute atomic E-state index is 0.0122. The lowest BCUT2D eigenvalue weighted by atomic mass is 10.1. The summed E-state index contributed by atoms with van der Waals surface area (Å²) in [4.78, 5) is 0.149. The van der Waals surface area contributed by atoms with E-state index in [-0.39, 0.29) is 29.8 Å². The summed E-state index contributed by atoms with van der Waals surface area (Å²) < 4.78 is 26.6. The van der Waals surface area contributed by atoms with Gasteiger partial charge in [0.15, 0.2) is 0 Å². The lowest BCUT2D eigenvalue weighted by Gasteiger charge is -2.22. The number of benzene rings is 1. The van der Waals surface area contributed by atoms with Gasteiger partial charge in [0, 0.05) is 12.6 Å². The summed E-state index contributed by atoms with van der Waals surface area (Å²) in [6.45, 7) is 3.70. The molecule has 1 aromatic rings. The number of nitrogens with zero attached hydrogens (tertiary/aromatic N) is 1. The van der Waals surface area contributed by atoms with Gasteiger partial charge >= 0.3 is 0 Å². The fraction of sp³-hybridized carbons (Fsp3) is 0.538. The van der Waals surface area contributed by atoms with Gasteiger partial charge in [-0.05, 0) is 49.9 Å². The predicted molar refractivity (Wildman–Crippen MR) is 74.3 cm³/mol. The summed E-state index contributed by atoms with van der Waals surface area (Å²) >= 11 is 0. The van der Waals surface area contributed by atoms with E-state index in [1.54, 1.807) is 12.1 Å². The van der Waals surface area contributed by atoms with Gasteiger partial charge in [0.1, 0.15) is 4.90 Å². The standard InChI is InChI=1S/C13H20N2O3S/c1-9-7-12(14)13(8-10(9)2)19(17,18)15(5-6-16)11-3-4-11/h7-8,11,16H,3-6,14H2,1-2H3. The molecule has 0 heterocycles. The maximum Gasteiger partial charge on any atom is 0.245 e. The van der Waals surface area contributed by atoms with Crippen LogP contribution in [0.25, 0.3) is 0 Å². The summed E-state index contributed by atoms with van der Waals surface area (Å²) in [6, 6.07) is 3.32. The van der Waals surface area contributed by atoms with Gasteiger partial charge in [-0.2, -0.15) is 4.31 Å². The van der Waals surface area contributed by atoms with Crippen molar-refractivity contribution in [3.63, 3.8) is 0 Å². The number of aliphatic hydroxyl groups is 1. The van der Waals surface area contributed by atoms with Gasteiger partial charge in [0.25, 0.3) is 0 Å². The van der Waals surface area contributed by atoms with Crippen LogP contribution in [0.15, 0.2) is 17.0 Å². The van der Waals surface area contributed by atoms with Gasteiger partial charge in [-0.1, -0.05) is 0 Å². The zero-order valence-electron chi connectivity index (χ0n) is 11.3. The van der Waals surface area contributed by atoms with Crippen LogP contribution in [0.1, 0.15) is 24.0 Å². The molecule has 0 spiro atoms. The minimum Gasteiger partial charge on any atom is -0.398 e. The monoisotopic (exact) mass is 284 g/mol. The summed E-state index contributed by atoms with van der Waals surface area (Å²) in [6.07, 6.45) is 1.70. The minimum atomic E-state index is -3.62. The van der Waals surface area contributed by atoms with E-state index in [2.05, 4.69) is 0 Å². The maximum absolute atomic E-state index is 12.6. The first-order valence-electron chi connectivity index (χ1n) is 6.37. The summed E-state index contributed by atoms with van der Waals surface area (Å²) in [5, 5.41) is 9.05. The fourth-order valence-electron chi connectivity index (χ4n) is 2.12. The number of sulfonamides is 1. The summed E-state index contributed by atoms with van der Waals surface area (Å²) in [5.41, 5.74) is 8.00. The van der Waals surface area contributed by atoms with Crippen molar-refractivity contribution < 1.29 is 13.5 Å². The van der Waals surface area contributed by atoms with E-state index in [0.717, 1.165) is 24.0 Å². The highest BCUT2D eigenvalue weighted by molar-refractivity contribution is 7.89. The van der Waals surface area contributed by atoms with Gasteiger partial charge in [-0.25, -0.2) is 8.42 Å². The SMILES string of the molecule is Cc1cc(N)c(S(=O)(=O)N(CCO)C2CC2)cc1C. The molecule has 19 heavy (non-hydrogen) atoms. The van der Waals surface area contributed by atoms with E-state index >= 15 is 0 Å². The van der Waals surface area contributed by atoms with Crippen LogP contribution in [0.2, 0.25) is 0 Å². The van der Waals surface area contributed by atoms with E-state index in [1.807, 2.05) is 13.8 Å². The highest BCUT2D eigenvalue weighted by Gasteiger charge is 2.38. The Morgan fingerprint density at radius 3 is 2.42 bits per heavy atom. The smallest absolute Gasteiger partial charge is 0.245 e. The van der Waals surface area contributed by atoms with Crippen molar-refractivity contribution in [2.75, 3.05) is 18.9 Å². The van der Waals surface area contributed by atoms with E-state index in [1.165, 1.54) is 4.31 Å². The number of nitrogens with two attached hydrogens (primary N) is 1. The quantitative estimate of drug-likeness (QED) is 0.791. The number of hydrogen-bond acceptors (Lipinski definition) is 4. The molecule has 1 aromatic carbocycles. The van der Waals surface area contributed by atoms with Crippen LogP contribution in [-0.2, 0) is 10.0 Å². The lowest BCUT2D eigenvalue weighted by molar-refractivity contribution is 0.250. The molecule has 3 N–H and O–H groups in total. The molecule has 0 amide bonds. The third kappa shape index (κ3) is 2.75. The molecule has 1 aliphatic rings. The molecular weight excluding hydrogens is 264 g/mol. The van der Waals surface area contributed by atoms with Crippen LogP contribution < -0.4 is 5.73 Å². The molecule has 1 saturated carbocycles. The third-order valence-corrected chi connectivity index (χ3v) is 5.49. The van der Waals surface area contributed by atoms with Crippen LogP contribution in [0, 0.1) is 13.8 Å². The molecule has 1 fully saturated rings. The summed E-state index contributed by atoms with van der Waals surface area (Å²) in [5.74, 6) is 0. The topological polar surface area (TPSA) is 83.6 Å². The predicted octanol–water partition coefficient (Wildman–Crippen LogP) is 1.03. The highest BCUT2D eigenvalue weighted by atomic mass is 32.2. The van der Waals surface area contributed by atoms with Crippen LogP contribution in [0.5, 0.6) is 0 Å². The zero-order chi connectivity index (χ0) is 14.2. The molecule has 0 aliphatic heterocycles. The second-order valence-electron chi connectivity index (χ2n) is 5.04. The highest BCUT2D eigenvalue weighted by Crippen LogP contribution is 2.34. The van der Waals surface area contributed by atoms with Gasteiger partial charge < -0.3 is 10.8 Å². The van der Waals surface area contributed by atoms with E-state index in [0.29, 0.717) is 0 Å². The Balaban J connectivity index is 2.46. The molecule has 106 valence electrons. The second-order valence-corrected chi connectivity index (χ2v) is 6.90. The Kier molecular flexibility index (Phi) is 3.85. The van der Waals surface area contributed by atoms with Crippen molar-refractivity contribution in [3.8, 4) is 0 Å². The number of anilines is 1. The molecule has 0 unspecified atom stereocenters. The molecule has 1 aliphatic carbocycles. The molecule has 0 saturated heterocycles. The average Bonchev–Trinajstić information content (AvgIpc) is 3.14. The third-order valence-electron chi connectivity index (χ3n) is 3.49. The largest absolute Gasteiger partial charge is 0.398 e. The Labute approximate surface area is 114 Å². The Hall–Kier alpha value is -1.11. The molecule has 2 rings (SSSR count). The van der Waals surface area contributed by atoms with Gasteiger partial charge in [0.2, 0.25) is 10.0 Å². The molecular formula is C13H20N2O3S. The summed E-state index contributed by atoms with van der Waals surface area (Å²) in [7, 11) is -3.62.